The summed E-state index contributed by atoms with van der Waals surface area (Å²) < 4.78 is 0. The molecule has 0 amide bonds. The topological polar surface area (TPSA) is 18.8 Å². The fourth-order valence-corrected chi connectivity index (χ4v) is 4.25. The Morgan fingerprint density at radius 3 is 2.23 bits per heavy atom. The highest BCUT2D eigenvalue weighted by molar-refractivity contribution is 6.08. The Balaban J connectivity index is 1.70. The van der Waals surface area contributed by atoms with E-state index in [1.165, 1.54) is 16.7 Å². The third-order valence-corrected chi connectivity index (χ3v) is 5.41. The molecule has 0 saturated heterocycles. The van der Waals surface area contributed by atoms with Gasteiger partial charge in [-0.1, -0.05) is 72.8 Å². The number of para-hydroxylation sites is 1. The van der Waals surface area contributed by atoms with E-state index in [1.807, 2.05) is 0 Å². The maximum absolute atomic E-state index is 5.13. The van der Waals surface area contributed by atoms with Gasteiger partial charge >= 0.3 is 0 Å². The molecule has 5 rings (SSSR count). The van der Waals surface area contributed by atoms with Gasteiger partial charge in [0, 0.05) is 6.54 Å². The second kappa shape index (κ2) is 6.11. The smallest absolute Gasteiger partial charge is 0.117 e. The summed E-state index contributed by atoms with van der Waals surface area (Å²) in [5.41, 5.74) is 6.29. The first-order valence-corrected chi connectivity index (χ1v) is 9.09. The Labute approximate surface area is 154 Å². The van der Waals surface area contributed by atoms with E-state index in [2.05, 4.69) is 102 Å². The lowest BCUT2D eigenvalue weighted by atomic mass is 9.82. The summed E-state index contributed by atoms with van der Waals surface area (Å²) in [5, 5.41) is 7.33. The predicted octanol–water partition coefficient (Wildman–Crippen LogP) is 4.47. The van der Waals surface area contributed by atoms with E-state index in [9.17, 15) is 0 Å². The molecule has 0 N–H and O–H groups in total. The van der Waals surface area contributed by atoms with Crippen molar-refractivity contribution in [2.24, 2.45) is 5.10 Å². The molecule has 2 aliphatic heterocycles. The molecule has 26 heavy (non-hydrogen) atoms. The summed E-state index contributed by atoms with van der Waals surface area (Å²) >= 11 is 0. The molecule has 3 nitrogen and oxygen atoms in total. The molecule has 0 unspecified atom stereocenters. The summed E-state index contributed by atoms with van der Waals surface area (Å²) in [4.78, 5) is 2.42. The largest absolute Gasteiger partial charge is 0.280 e. The Bertz CT molecular complexity index is 949. The van der Waals surface area contributed by atoms with Crippen molar-refractivity contribution in [2.75, 3.05) is 12.1 Å². The van der Waals surface area contributed by atoms with Crippen molar-refractivity contribution in [3.63, 3.8) is 0 Å². The van der Waals surface area contributed by atoms with Crippen LogP contribution in [0.3, 0.4) is 0 Å². The lowest BCUT2D eigenvalue weighted by Gasteiger charge is -2.40. The number of fused-ring (bicyclic) bond motifs is 3. The van der Waals surface area contributed by atoms with Crippen molar-refractivity contribution in [3.05, 3.63) is 102 Å². The number of hydrogen-bond donors (Lipinski definition) is 0. The van der Waals surface area contributed by atoms with Crippen molar-refractivity contribution in [1.82, 2.24) is 4.90 Å². The molecule has 0 bridgehead atoms. The molecule has 2 heterocycles. The van der Waals surface area contributed by atoms with Gasteiger partial charge in [-0.05, 0) is 35.9 Å². The number of anilines is 1. The number of nitrogens with zero attached hydrogens (tertiary/aromatic N) is 3. The molecule has 0 radical (unpaired) electrons. The zero-order valence-electron chi connectivity index (χ0n) is 14.8. The molecule has 2 aliphatic rings. The normalized spacial score (nSPS) is 21.9. The van der Waals surface area contributed by atoms with Crippen molar-refractivity contribution < 1.29 is 0 Å². The van der Waals surface area contributed by atoms with Gasteiger partial charge in [0.15, 0.2) is 0 Å². The summed E-state index contributed by atoms with van der Waals surface area (Å²) in [6.07, 6.45) is 0.197. The maximum Gasteiger partial charge on any atom is 0.117 e. The first kappa shape index (κ1) is 15.4. The second-order valence-corrected chi connectivity index (χ2v) is 7.04. The van der Waals surface area contributed by atoms with Crippen LogP contribution in [-0.2, 0) is 6.54 Å². The minimum atomic E-state index is 0.197. The molecule has 0 spiro atoms. The van der Waals surface area contributed by atoms with Crippen LogP contribution < -0.4 is 5.01 Å². The third kappa shape index (κ3) is 2.36. The SMILES string of the molecule is CN1Cc2ccccc2[C@H]2C(c3ccccc3)=NN(c3ccccc3)[C@H]21. The van der Waals surface area contributed by atoms with E-state index in [-0.39, 0.29) is 12.1 Å². The maximum atomic E-state index is 5.13. The van der Waals surface area contributed by atoms with Gasteiger partial charge in [0.2, 0.25) is 0 Å². The van der Waals surface area contributed by atoms with E-state index < -0.39 is 0 Å². The van der Waals surface area contributed by atoms with Crippen LogP contribution in [0.15, 0.2) is 90.0 Å². The molecule has 0 saturated carbocycles. The molecule has 3 aromatic carbocycles. The molecule has 3 heteroatoms. The highest BCUT2D eigenvalue weighted by Gasteiger charge is 2.45. The van der Waals surface area contributed by atoms with E-state index in [0.29, 0.717) is 0 Å². The van der Waals surface area contributed by atoms with E-state index in [4.69, 9.17) is 5.10 Å². The average molecular weight is 339 g/mol. The Morgan fingerprint density at radius 1 is 0.808 bits per heavy atom. The zero-order valence-corrected chi connectivity index (χ0v) is 14.8. The van der Waals surface area contributed by atoms with Crippen LogP contribution in [0, 0.1) is 0 Å². The number of benzene rings is 3. The Kier molecular flexibility index (Phi) is 3.61. The molecule has 0 aromatic heterocycles. The zero-order chi connectivity index (χ0) is 17.5. The third-order valence-electron chi connectivity index (χ3n) is 5.41. The lowest BCUT2D eigenvalue weighted by Crippen LogP contribution is -2.48. The molecular weight excluding hydrogens is 318 g/mol. The van der Waals surface area contributed by atoms with Crippen LogP contribution in [0.5, 0.6) is 0 Å². The molecule has 0 fully saturated rings. The van der Waals surface area contributed by atoms with Crippen LogP contribution in [0.4, 0.5) is 5.69 Å². The van der Waals surface area contributed by atoms with Gasteiger partial charge < -0.3 is 0 Å². The summed E-state index contributed by atoms with van der Waals surface area (Å²) in [5.74, 6) is 0.243. The monoisotopic (exact) mass is 339 g/mol. The summed E-state index contributed by atoms with van der Waals surface area (Å²) in [6.45, 7) is 0.943. The first-order chi connectivity index (χ1) is 12.8. The second-order valence-electron chi connectivity index (χ2n) is 7.04. The van der Waals surface area contributed by atoms with Crippen LogP contribution >= 0.6 is 0 Å². The number of hydrazone groups is 1. The number of hydrogen-bond acceptors (Lipinski definition) is 3. The number of rotatable bonds is 2. The van der Waals surface area contributed by atoms with Crippen LogP contribution in [0.1, 0.15) is 22.6 Å². The predicted molar refractivity (Wildman–Crippen MR) is 106 cm³/mol. The van der Waals surface area contributed by atoms with Gasteiger partial charge in [-0.25, -0.2) is 5.01 Å². The van der Waals surface area contributed by atoms with Gasteiger partial charge in [0.05, 0.1) is 17.3 Å². The van der Waals surface area contributed by atoms with Gasteiger partial charge in [-0.3, -0.25) is 4.90 Å². The summed E-state index contributed by atoms with van der Waals surface area (Å²) in [6, 6.07) is 29.9. The van der Waals surface area contributed by atoms with Crippen LogP contribution in [0.25, 0.3) is 0 Å². The minimum absolute atomic E-state index is 0.197. The fourth-order valence-electron chi connectivity index (χ4n) is 4.25. The van der Waals surface area contributed by atoms with E-state index in [0.717, 1.165) is 17.9 Å². The quantitative estimate of drug-likeness (QED) is 0.686. The average Bonchev–Trinajstić information content (AvgIpc) is 3.11. The van der Waals surface area contributed by atoms with Crippen molar-refractivity contribution in [2.45, 2.75) is 18.6 Å². The van der Waals surface area contributed by atoms with Crippen LogP contribution in [-0.4, -0.2) is 23.8 Å². The Hall–Kier alpha value is -2.91. The van der Waals surface area contributed by atoms with Gasteiger partial charge in [-0.15, -0.1) is 0 Å². The van der Waals surface area contributed by atoms with Gasteiger partial charge in [0.25, 0.3) is 0 Å². The molecule has 3 aromatic rings. The number of likely N-dealkylation sites (N-methyl/N-ethyl adjacent to an activating group) is 1. The van der Waals surface area contributed by atoms with Gasteiger partial charge in [-0.2, -0.15) is 5.10 Å². The van der Waals surface area contributed by atoms with Crippen LogP contribution in [0.2, 0.25) is 0 Å². The standard InChI is InChI=1S/C23H21N3/c1-25-16-18-12-8-9-15-20(18)21-22(17-10-4-2-5-11-17)24-26(23(21)25)19-13-6-3-7-14-19/h2-15,21,23H,16H2,1H3/t21-,23+/m0/s1. The van der Waals surface area contributed by atoms with Gasteiger partial charge in [0.1, 0.15) is 6.17 Å². The lowest BCUT2D eigenvalue weighted by molar-refractivity contribution is 0.209. The molecule has 0 aliphatic carbocycles. The van der Waals surface area contributed by atoms with Crippen molar-refractivity contribution >= 4 is 11.4 Å². The van der Waals surface area contributed by atoms with Crippen molar-refractivity contribution in [1.29, 1.82) is 0 Å². The molecule has 128 valence electrons. The van der Waals surface area contributed by atoms with E-state index in [1.54, 1.807) is 0 Å². The Morgan fingerprint density at radius 2 is 1.46 bits per heavy atom. The minimum Gasteiger partial charge on any atom is -0.280 e. The molecule has 2 atom stereocenters. The highest BCUT2D eigenvalue weighted by Crippen LogP contribution is 2.42. The van der Waals surface area contributed by atoms with E-state index >= 15 is 0 Å². The fraction of sp³-hybridized carbons (Fsp3) is 0.174. The summed E-state index contributed by atoms with van der Waals surface area (Å²) in [7, 11) is 2.20. The highest BCUT2D eigenvalue weighted by atomic mass is 15.6. The first-order valence-electron chi connectivity index (χ1n) is 9.09. The molecular formula is C23H21N3. The van der Waals surface area contributed by atoms with Crippen molar-refractivity contribution in [3.8, 4) is 0 Å².